The van der Waals surface area contributed by atoms with Crippen molar-refractivity contribution in [2.24, 2.45) is 33.7 Å². The van der Waals surface area contributed by atoms with Crippen LogP contribution in [0.25, 0.3) is 0 Å². The number of primary amides is 2. The molecular formula is C34H54N12O9S. The van der Waals surface area contributed by atoms with Gasteiger partial charge in [-0.15, -0.1) is 11.8 Å². The van der Waals surface area contributed by atoms with E-state index in [0.717, 1.165) is 11.8 Å². The van der Waals surface area contributed by atoms with E-state index >= 15 is 0 Å². The Kier molecular flexibility index (Phi) is 18.8. The second-order valence-electron chi connectivity index (χ2n) is 13.6. The Labute approximate surface area is 328 Å². The van der Waals surface area contributed by atoms with Gasteiger partial charge >= 0.3 is 0 Å². The normalized spacial score (nSPS) is 21.7. The summed E-state index contributed by atoms with van der Waals surface area (Å²) in [5.41, 5.74) is 27.8. The van der Waals surface area contributed by atoms with Gasteiger partial charge in [-0.25, -0.2) is 0 Å². The predicted octanol–water partition coefficient (Wildman–Crippen LogP) is -4.46. The SMILES string of the molecule is CC1(C)SCC(=O)N[C@@H](Cc2ccc(O)cc2)C(=O)N[C@@H](CCCCN)C(=O)NCC(=O)N[C@@H](CC(N)=O)C(=O)N[C@H]1C(=O)NC(CCCN=C(N)N)C(N)=O. The third-order valence-corrected chi connectivity index (χ3v) is 9.90. The second-order valence-corrected chi connectivity index (χ2v) is 15.2. The zero-order valence-corrected chi connectivity index (χ0v) is 32.2. The number of carbonyl (C=O) groups excluding carboxylic acids is 8. The van der Waals surface area contributed by atoms with Crippen LogP contribution < -0.4 is 60.6 Å². The number of aliphatic imine (C=N–C) groups is 1. The van der Waals surface area contributed by atoms with Crippen molar-refractivity contribution in [2.75, 3.05) is 25.4 Å². The van der Waals surface area contributed by atoms with Crippen LogP contribution in [0.3, 0.4) is 0 Å². The first kappa shape index (κ1) is 46.5. The van der Waals surface area contributed by atoms with Gasteiger partial charge in [0.15, 0.2) is 5.96 Å². The van der Waals surface area contributed by atoms with Gasteiger partial charge in [-0.1, -0.05) is 12.1 Å². The minimum atomic E-state index is -1.62. The maximum absolute atomic E-state index is 13.9. The van der Waals surface area contributed by atoms with Crippen molar-refractivity contribution in [3.8, 4) is 5.75 Å². The summed E-state index contributed by atoms with van der Waals surface area (Å²) in [7, 11) is 0. The Hall–Kier alpha value is -5.64. The van der Waals surface area contributed by atoms with Crippen molar-refractivity contribution in [1.29, 1.82) is 0 Å². The van der Waals surface area contributed by atoms with E-state index in [1.54, 1.807) is 12.1 Å². The average molecular weight is 807 g/mol. The van der Waals surface area contributed by atoms with Crippen LogP contribution in [-0.4, -0.2) is 119 Å². The van der Waals surface area contributed by atoms with E-state index in [9.17, 15) is 43.5 Å². The van der Waals surface area contributed by atoms with Crippen molar-refractivity contribution in [2.45, 2.75) is 93.7 Å². The van der Waals surface area contributed by atoms with Crippen LogP contribution >= 0.6 is 11.8 Å². The Bertz CT molecular complexity index is 1600. The first-order valence-electron chi connectivity index (χ1n) is 17.8. The summed E-state index contributed by atoms with van der Waals surface area (Å²) >= 11 is 0.901. The van der Waals surface area contributed by atoms with Crippen molar-refractivity contribution in [3.05, 3.63) is 29.8 Å². The summed E-state index contributed by atoms with van der Waals surface area (Å²) in [6.45, 7) is 2.79. The van der Waals surface area contributed by atoms with Crippen LogP contribution in [0.1, 0.15) is 57.9 Å². The smallest absolute Gasteiger partial charge is 0.244 e. The number of hydrogen-bond donors (Lipinski definition) is 12. The molecule has 310 valence electrons. The highest BCUT2D eigenvalue weighted by atomic mass is 32.2. The predicted molar refractivity (Wildman–Crippen MR) is 207 cm³/mol. The molecular weight excluding hydrogens is 753 g/mol. The number of guanidine groups is 1. The van der Waals surface area contributed by atoms with E-state index < -0.39 is 95.2 Å². The highest BCUT2D eigenvalue weighted by Crippen LogP contribution is 2.29. The molecule has 0 spiro atoms. The molecule has 1 fully saturated rings. The number of carbonyl (C=O) groups is 8. The highest BCUT2D eigenvalue weighted by molar-refractivity contribution is 8.01. The lowest BCUT2D eigenvalue weighted by molar-refractivity contribution is -0.135. The van der Waals surface area contributed by atoms with Crippen LogP contribution in [-0.2, 0) is 44.8 Å². The number of nitrogens with one attached hydrogen (secondary N) is 6. The molecule has 22 heteroatoms. The number of rotatable bonds is 15. The molecule has 1 aromatic carbocycles. The second kappa shape index (κ2) is 22.7. The molecule has 17 N–H and O–H groups in total. The standard InChI is InChI=1S/C34H54N12O9S/c1-34(2)27(32(55)44-20(28(37)51)7-5-13-40-33(38)39)46-31(54)23(15-24(36)48)42-25(49)16-41-29(52)21(6-3-4-12-35)45-30(53)22(43-26(50)17-56-34)14-18-8-10-19(47)11-9-18/h8-11,20-23,27,47H,3-7,12-17,35H2,1-2H3,(H2,36,48)(H2,37,51)(H,41,52)(H,42,49)(H,43,50)(H,44,55)(H,45,53)(H,46,54)(H4,38,39,40)/t20?,21-,22-,23-,27-/m0/s1. The number of nitrogens with two attached hydrogens (primary N) is 5. The molecule has 0 saturated carbocycles. The molecule has 21 nitrogen and oxygen atoms in total. The lowest BCUT2D eigenvalue weighted by atomic mass is 10.00. The van der Waals surface area contributed by atoms with E-state index in [0.29, 0.717) is 24.9 Å². The van der Waals surface area contributed by atoms with Crippen molar-refractivity contribution >= 4 is 65.0 Å². The van der Waals surface area contributed by atoms with Gasteiger partial charge in [0.1, 0.15) is 36.0 Å². The van der Waals surface area contributed by atoms with Crippen molar-refractivity contribution in [1.82, 2.24) is 31.9 Å². The van der Waals surface area contributed by atoms with Crippen LogP contribution in [0.4, 0.5) is 0 Å². The number of thioether (sulfide) groups is 1. The Morgan fingerprint density at radius 2 is 1.52 bits per heavy atom. The number of phenols is 1. The van der Waals surface area contributed by atoms with Gasteiger partial charge < -0.3 is 65.7 Å². The molecule has 0 aromatic heterocycles. The first-order valence-corrected chi connectivity index (χ1v) is 18.8. The summed E-state index contributed by atoms with van der Waals surface area (Å²) in [6, 6.07) is -0.870. The van der Waals surface area contributed by atoms with Crippen molar-refractivity contribution in [3.63, 3.8) is 0 Å². The molecule has 1 aliphatic rings. The quantitative estimate of drug-likeness (QED) is 0.0453. The zero-order chi connectivity index (χ0) is 42.0. The number of amides is 8. The number of nitrogens with zero attached hydrogens (tertiary/aromatic N) is 1. The molecule has 8 amide bonds. The van der Waals surface area contributed by atoms with Gasteiger partial charge in [-0.05, 0) is 70.2 Å². The Balaban J connectivity index is 2.54. The minimum Gasteiger partial charge on any atom is -0.508 e. The molecule has 0 aliphatic carbocycles. The topological polar surface area (TPSA) is 371 Å². The molecule has 0 bridgehead atoms. The summed E-state index contributed by atoms with van der Waals surface area (Å²) in [5, 5.41) is 24.8. The fraction of sp³-hybridized carbons (Fsp3) is 0.559. The van der Waals surface area contributed by atoms with Gasteiger partial charge in [-0.2, -0.15) is 0 Å². The maximum Gasteiger partial charge on any atom is 0.244 e. The van der Waals surface area contributed by atoms with Gasteiger partial charge in [0.2, 0.25) is 47.3 Å². The maximum atomic E-state index is 13.9. The molecule has 0 radical (unpaired) electrons. The van der Waals surface area contributed by atoms with E-state index in [2.05, 4.69) is 36.9 Å². The van der Waals surface area contributed by atoms with Gasteiger partial charge in [0.25, 0.3) is 0 Å². The monoisotopic (exact) mass is 806 g/mol. The molecule has 2 rings (SSSR count). The number of phenolic OH excluding ortho intramolecular Hbond substituents is 1. The summed E-state index contributed by atoms with van der Waals surface area (Å²) in [5.74, 6) is -7.43. The molecule has 1 heterocycles. The first-order chi connectivity index (χ1) is 26.3. The fourth-order valence-electron chi connectivity index (χ4n) is 5.47. The molecule has 1 saturated heterocycles. The summed E-state index contributed by atoms with van der Waals surface area (Å²) in [6.07, 6.45) is 0.568. The Morgan fingerprint density at radius 3 is 2.12 bits per heavy atom. The molecule has 5 atom stereocenters. The van der Waals surface area contributed by atoms with E-state index in [-0.39, 0.29) is 49.7 Å². The van der Waals surface area contributed by atoms with Gasteiger partial charge in [0, 0.05) is 17.7 Å². The highest BCUT2D eigenvalue weighted by Gasteiger charge is 2.41. The average Bonchev–Trinajstić information content (AvgIpc) is 3.12. The molecule has 1 aliphatic heterocycles. The fourth-order valence-corrected chi connectivity index (χ4v) is 6.39. The lowest BCUT2D eigenvalue weighted by Gasteiger charge is -2.35. The molecule has 56 heavy (non-hydrogen) atoms. The van der Waals surface area contributed by atoms with Crippen LogP contribution in [0.15, 0.2) is 29.3 Å². The number of aromatic hydroxyl groups is 1. The van der Waals surface area contributed by atoms with Crippen LogP contribution in [0.5, 0.6) is 5.75 Å². The van der Waals surface area contributed by atoms with Crippen LogP contribution in [0.2, 0.25) is 0 Å². The van der Waals surface area contributed by atoms with Gasteiger partial charge in [0.05, 0.1) is 18.7 Å². The number of hydrogen-bond acceptors (Lipinski definition) is 12. The number of benzene rings is 1. The molecule has 1 aromatic rings. The summed E-state index contributed by atoms with van der Waals surface area (Å²) < 4.78 is -1.36. The summed E-state index contributed by atoms with van der Waals surface area (Å²) in [4.78, 5) is 109. The lowest BCUT2D eigenvalue weighted by Crippen LogP contribution is -2.63. The van der Waals surface area contributed by atoms with E-state index in [1.807, 2.05) is 0 Å². The van der Waals surface area contributed by atoms with Gasteiger partial charge in [-0.3, -0.25) is 43.3 Å². The largest absolute Gasteiger partial charge is 0.508 e. The third kappa shape index (κ3) is 16.4. The number of unbranched alkanes of at least 4 members (excludes halogenated alkanes) is 1. The Morgan fingerprint density at radius 1 is 0.875 bits per heavy atom. The minimum absolute atomic E-state index is 0.0128. The van der Waals surface area contributed by atoms with Crippen LogP contribution in [0, 0.1) is 0 Å². The van der Waals surface area contributed by atoms with Crippen molar-refractivity contribution < 1.29 is 43.5 Å². The molecule has 1 unspecified atom stereocenters. The zero-order valence-electron chi connectivity index (χ0n) is 31.4. The van der Waals surface area contributed by atoms with E-state index in [1.165, 1.54) is 26.0 Å². The third-order valence-electron chi connectivity index (χ3n) is 8.51. The van der Waals surface area contributed by atoms with E-state index in [4.69, 9.17) is 28.7 Å².